The van der Waals surface area contributed by atoms with Gasteiger partial charge in [0.15, 0.2) is 5.82 Å². The highest BCUT2D eigenvalue weighted by atomic mass is 16.6. The summed E-state index contributed by atoms with van der Waals surface area (Å²) < 4.78 is 5.44. The number of aliphatic carboxylic acids is 2. The monoisotopic (exact) mass is 482 g/mol. The van der Waals surface area contributed by atoms with Crippen molar-refractivity contribution in [3.63, 3.8) is 0 Å². The van der Waals surface area contributed by atoms with E-state index in [-0.39, 0.29) is 28.3 Å². The molecular formula is C28H22N2O6. The smallest absolute Gasteiger partial charge is 0.351 e. The average Bonchev–Trinajstić information content (AvgIpc) is 2.88. The van der Waals surface area contributed by atoms with Gasteiger partial charge >= 0.3 is 17.9 Å². The highest BCUT2D eigenvalue weighted by molar-refractivity contribution is 5.92. The van der Waals surface area contributed by atoms with Gasteiger partial charge < -0.3 is 14.9 Å². The molecule has 0 spiro atoms. The van der Waals surface area contributed by atoms with E-state index in [9.17, 15) is 24.6 Å². The maximum Gasteiger partial charge on any atom is 0.351 e. The van der Waals surface area contributed by atoms with Gasteiger partial charge in [0.1, 0.15) is 5.69 Å². The molecule has 2 N–H and O–H groups in total. The lowest BCUT2D eigenvalue weighted by Gasteiger charge is -2.20. The van der Waals surface area contributed by atoms with E-state index in [0.29, 0.717) is 11.1 Å². The van der Waals surface area contributed by atoms with Gasteiger partial charge in [0.25, 0.3) is 0 Å². The number of hydrogen-bond acceptors (Lipinski definition) is 6. The third-order valence-electron chi connectivity index (χ3n) is 5.41. The standard InChI is InChI=1S/C28H22N2O6/c1-17-12-14-18(15-13-17)23-21(16-22(31)32)29-26(19-8-4-2-5-9-19)30-24(23)25(27(33)34)36-28(35)20-10-6-3-7-11-20/h2-15,25H,16H2,1H3,(H,31,32)(H,33,34). The number of carbonyl (C=O) groups is 3. The first-order valence-electron chi connectivity index (χ1n) is 11.1. The van der Waals surface area contributed by atoms with Crippen molar-refractivity contribution in [2.24, 2.45) is 0 Å². The number of nitrogens with zero attached hydrogens (tertiary/aromatic N) is 2. The van der Waals surface area contributed by atoms with Crippen molar-refractivity contribution in [1.82, 2.24) is 9.97 Å². The molecule has 0 radical (unpaired) electrons. The Morgan fingerprint density at radius 1 is 0.806 bits per heavy atom. The summed E-state index contributed by atoms with van der Waals surface area (Å²) in [5.41, 5.74) is 2.38. The maximum atomic E-state index is 12.8. The van der Waals surface area contributed by atoms with Gasteiger partial charge in [0.05, 0.1) is 17.7 Å². The molecule has 0 saturated heterocycles. The van der Waals surface area contributed by atoms with Crippen LogP contribution in [-0.2, 0) is 20.7 Å². The topological polar surface area (TPSA) is 127 Å². The number of carboxylic acid groups (broad SMARTS) is 2. The van der Waals surface area contributed by atoms with Gasteiger partial charge in [0, 0.05) is 11.1 Å². The largest absolute Gasteiger partial charge is 0.481 e. The molecule has 0 saturated carbocycles. The number of aromatic nitrogens is 2. The predicted octanol–water partition coefficient (Wildman–Crippen LogP) is 4.73. The van der Waals surface area contributed by atoms with Crippen LogP contribution in [0.4, 0.5) is 0 Å². The number of hydrogen-bond donors (Lipinski definition) is 2. The second-order valence-corrected chi connectivity index (χ2v) is 8.05. The van der Waals surface area contributed by atoms with E-state index in [4.69, 9.17) is 4.74 Å². The summed E-state index contributed by atoms with van der Waals surface area (Å²) in [6.07, 6.45) is -2.30. The molecular weight excluding hydrogens is 460 g/mol. The van der Waals surface area contributed by atoms with Crippen LogP contribution < -0.4 is 0 Å². The van der Waals surface area contributed by atoms with Crippen LogP contribution in [0.25, 0.3) is 22.5 Å². The highest BCUT2D eigenvalue weighted by Gasteiger charge is 2.32. The molecule has 3 aromatic carbocycles. The molecule has 8 heteroatoms. The third kappa shape index (κ3) is 5.44. The predicted molar refractivity (Wildman–Crippen MR) is 131 cm³/mol. The molecule has 0 aliphatic rings. The van der Waals surface area contributed by atoms with Crippen molar-refractivity contribution in [3.8, 4) is 22.5 Å². The first-order valence-corrected chi connectivity index (χ1v) is 11.1. The number of esters is 1. The lowest BCUT2D eigenvalue weighted by molar-refractivity contribution is -0.147. The zero-order valence-corrected chi connectivity index (χ0v) is 19.3. The van der Waals surface area contributed by atoms with E-state index in [0.717, 1.165) is 5.56 Å². The summed E-state index contributed by atoms with van der Waals surface area (Å²) >= 11 is 0. The van der Waals surface area contributed by atoms with Crippen molar-refractivity contribution in [2.45, 2.75) is 19.4 Å². The summed E-state index contributed by atoms with van der Waals surface area (Å²) in [7, 11) is 0. The van der Waals surface area contributed by atoms with Gasteiger partial charge in [0.2, 0.25) is 6.10 Å². The number of carbonyl (C=O) groups excluding carboxylic acids is 1. The summed E-state index contributed by atoms with van der Waals surface area (Å²) in [6.45, 7) is 1.89. The molecule has 0 amide bonds. The van der Waals surface area contributed by atoms with Crippen molar-refractivity contribution in [2.75, 3.05) is 0 Å². The number of ether oxygens (including phenoxy) is 1. The van der Waals surface area contributed by atoms with Crippen LogP contribution in [0.15, 0.2) is 84.9 Å². The summed E-state index contributed by atoms with van der Waals surface area (Å²) in [4.78, 5) is 46.0. The van der Waals surface area contributed by atoms with Gasteiger partial charge in [-0.1, -0.05) is 78.4 Å². The molecule has 8 nitrogen and oxygen atoms in total. The fourth-order valence-corrected chi connectivity index (χ4v) is 3.71. The Bertz CT molecular complexity index is 1400. The Morgan fingerprint density at radius 2 is 1.42 bits per heavy atom. The lowest BCUT2D eigenvalue weighted by Crippen LogP contribution is -2.23. The van der Waals surface area contributed by atoms with Crippen molar-refractivity contribution in [1.29, 1.82) is 0 Å². The summed E-state index contributed by atoms with van der Waals surface area (Å²) in [6, 6.07) is 23.8. The van der Waals surface area contributed by atoms with Crippen LogP contribution in [0.3, 0.4) is 0 Å². The number of benzene rings is 3. The number of carboxylic acids is 2. The molecule has 4 aromatic rings. The van der Waals surface area contributed by atoms with Crippen LogP contribution in [0, 0.1) is 6.92 Å². The van der Waals surface area contributed by atoms with Crippen LogP contribution in [-0.4, -0.2) is 38.1 Å². The normalized spacial score (nSPS) is 11.5. The lowest BCUT2D eigenvalue weighted by atomic mass is 9.96. The fraction of sp³-hybridized carbons (Fsp3) is 0.107. The van der Waals surface area contributed by atoms with Gasteiger partial charge in [-0.15, -0.1) is 0 Å². The van der Waals surface area contributed by atoms with E-state index >= 15 is 0 Å². The molecule has 1 aromatic heterocycles. The first kappa shape index (κ1) is 24.3. The van der Waals surface area contributed by atoms with E-state index in [2.05, 4.69) is 9.97 Å². The second-order valence-electron chi connectivity index (χ2n) is 8.05. The van der Waals surface area contributed by atoms with E-state index < -0.39 is 30.4 Å². The third-order valence-corrected chi connectivity index (χ3v) is 5.41. The molecule has 0 fully saturated rings. The number of aryl methyl sites for hydroxylation is 1. The molecule has 0 aliphatic carbocycles. The Hall–Kier alpha value is -4.85. The van der Waals surface area contributed by atoms with E-state index in [1.165, 1.54) is 12.1 Å². The molecule has 1 atom stereocenters. The van der Waals surface area contributed by atoms with Gasteiger partial charge in [-0.25, -0.2) is 19.6 Å². The summed E-state index contributed by atoms with van der Waals surface area (Å²) in [5, 5.41) is 19.7. The quantitative estimate of drug-likeness (QED) is 0.345. The Balaban J connectivity index is 1.95. The molecule has 1 heterocycles. The van der Waals surface area contributed by atoms with Gasteiger partial charge in [-0.05, 0) is 24.6 Å². The minimum absolute atomic E-state index is 0.109. The molecule has 180 valence electrons. The Labute approximate surface area is 206 Å². The fourth-order valence-electron chi connectivity index (χ4n) is 3.71. The minimum Gasteiger partial charge on any atom is -0.481 e. The van der Waals surface area contributed by atoms with Crippen LogP contribution >= 0.6 is 0 Å². The van der Waals surface area contributed by atoms with Gasteiger partial charge in [-0.3, -0.25) is 4.79 Å². The summed E-state index contributed by atoms with van der Waals surface area (Å²) in [5.74, 6) is -3.33. The van der Waals surface area contributed by atoms with Crippen LogP contribution in [0.1, 0.15) is 33.4 Å². The highest BCUT2D eigenvalue weighted by Crippen LogP contribution is 2.34. The van der Waals surface area contributed by atoms with Crippen LogP contribution in [0.2, 0.25) is 0 Å². The first-order chi connectivity index (χ1) is 17.3. The molecule has 0 aliphatic heterocycles. The molecule has 1 unspecified atom stereocenters. The Morgan fingerprint density at radius 3 is 2.00 bits per heavy atom. The average molecular weight is 482 g/mol. The zero-order chi connectivity index (χ0) is 25.7. The number of rotatable bonds is 8. The second kappa shape index (κ2) is 10.6. The molecule has 4 rings (SSSR count). The maximum absolute atomic E-state index is 12.8. The van der Waals surface area contributed by atoms with Crippen molar-refractivity contribution >= 4 is 17.9 Å². The van der Waals surface area contributed by atoms with Crippen LogP contribution in [0.5, 0.6) is 0 Å². The van der Waals surface area contributed by atoms with Crippen molar-refractivity contribution < 1.29 is 29.3 Å². The molecule has 0 bridgehead atoms. The minimum atomic E-state index is -1.81. The Kier molecular flexibility index (Phi) is 7.15. The van der Waals surface area contributed by atoms with E-state index in [1.807, 2.05) is 6.92 Å². The van der Waals surface area contributed by atoms with Gasteiger partial charge in [-0.2, -0.15) is 0 Å². The zero-order valence-electron chi connectivity index (χ0n) is 19.3. The van der Waals surface area contributed by atoms with Crippen molar-refractivity contribution in [3.05, 3.63) is 107 Å². The SMILES string of the molecule is Cc1ccc(-c2c(CC(=O)O)nc(-c3ccccc3)nc2C(OC(=O)c2ccccc2)C(=O)O)cc1. The molecule has 36 heavy (non-hydrogen) atoms. The van der Waals surface area contributed by atoms with E-state index in [1.54, 1.807) is 72.8 Å².